The Hall–Kier alpha value is -1.14. The Morgan fingerprint density at radius 2 is 2.00 bits per heavy atom. The number of halogens is 2. The second-order valence-corrected chi connectivity index (χ2v) is 4.80. The normalized spacial score (nSPS) is 10.0. The Morgan fingerprint density at radius 3 is 2.71 bits per heavy atom. The molecule has 3 nitrogen and oxygen atoms in total. The van der Waals surface area contributed by atoms with Gasteiger partial charge in [-0.3, -0.25) is 4.79 Å². The molecule has 0 aliphatic rings. The van der Waals surface area contributed by atoms with Crippen molar-refractivity contribution in [2.75, 3.05) is 5.32 Å². The van der Waals surface area contributed by atoms with Gasteiger partial charge in [0.05, 0.1) is 11.3 Å². The fraction of sp³-hybridized carbons (Fsp3) is 0. The molecular formula is C12H8ClIN2O. The van der Waals surface area contributed by atoms with Gasteiger partial charge in [-0.25, -0.2) is 4.98 Å². The van der Waals surface area contributed by atoms with E-state index in [1.807, 2.05) is 18.2 Å². The third-order valence-electron chi connectivity index (χ3n) is 2.13. The summed E-state index contributed by atoms with van der Waals surface area (Å²) in [6, 6.07) is 10.8. The van der Waals surface area contributed by atoms with Crippen LogP contribution in [0.5, 0.6) is 0 Å². The standard InChI is InChI=1S/C12H8ClIN2O/c13-11-10(6-3-7-15-11)16-12(17)8-4-1-2-5-9(8)14/h1-7H,(H,16,17). The highest BCUT2D eigenvalue weighted by Crippen LogP contribution is 2.19. The minimum absolute atomic E-state index is 0.190. The number of rotatable bonds is 2. The third-order valence-corrected chi connectivity index (χ3v) is 3.37. The SMILES string of the molecule is O=C(Nc1cccnc1Cl)c1ccccc1I. The summed E-state index contributed by atoms with van der Waals surface area (Å²) in [6.45, 7) is 0. The van der Waals surface area contributed by atoms with E-state index in [-0.39, 0.29) is 11.1 Å². The second kappa shape index (κ2) is 5.46. The highest BCUT2D eigenvalue weighted by molar-refractivity contribution is 14.1. The van der Waals surface area contributed by atoms with Gasteiger partial charge in [0.2, 0.25) is 0 Å². The molecule has 17 heavy (non-hydrogen) atoms. The van der Waals surface area contributed by atoms with E-state index in [0.29, 0.717) is 11.3 Å². The van der Waals surface area contributed by atoms with E-state index in [4.69, 9.17) is 11.6 Å². The maximum Gasteiger partial charge on any atom is 0.256 e. The number of anilines is 1. The molecule has 0 saturated heterocycles. The highest BCUT2D eigenvalue weighted by atomic mass is 127. The molecule has 0 radical (unpaired) electrons. The molecule has 1 aromatic heterocycles. The molecule has 1 heterocycles. The zero-order valence-electron chi connectivity index (χ0n) is 8.65. The van der Waals surface area contributed by atoms with Crippen LogP contribution in [0.4, 0.5) is 5.69 Å². The average Bonchev–Trinajstić information content (AvgIpc) is 2.32. The number of hydrogen-bond donors (Lipinski definition) is 1. The largest absolute Gasteiger partial charge is 0.319 e. The third kappa shape index (κ3) is 2.95. The van der Waals surface area contributed by atoms with Gasteiger partial charge in [0.15, 0.2) is 5.15 Å². The first-order chi connectivity index (χ1) is 8.18. The van der Waals surface area contributed by atoms with Gasteiger partial charge in [-0.2, -0.15) is 0 Å². The van der Waals surface area contributed by atoms with Gasteiger partial charge in [-0.15, -0.1) is 0 Å². The van der Waals surface area contributed by atoms with Crippen molar-refractivity contribution in [3.63, 3.8) is 0 Å². The molecule has 1 aromatic carbocycles. The Labute approximate surface area is 117 Å². The maximum atomic E-state index is 12.0. The van der Waals surface area contributed by atoms with Crippen LogP contribution in [0, 0.1) is 3.57 Å². The first kappa shape index (κ1) is 12.3. The first-order valence-electron chi connectivity index (χ1n) is 4.85. The minimum atomic E-state index is -0.190. The monoisotopic (exact) mass is 358 g/mol. The summed E-state index contributed by atoms with van der Waals surface area (Å²) in [5, 5.41) is 3.01. The van der Waals surface area contributed by atoms with Crippen molar-refractivity contribution in [1.29, 1.82) is 0 Å². The molecular weight excluding hydrogens is 351 g/mol. The first-order valence-corrected chi connectivity index (χ1v) is 6.30. The fourth-order valence-corrected chi connectivity index (χ4v) is 2.11. The lowest BCUT2D eigenvalue weighted by Gasteiger charge is -2.07. The van der Waals surface area contributed by atoms with Gasteiger partial charge >= 0.3 is 0 Å². The minimum Gasteiger partial charge on any atom is -0.319 e. The molecule has 0 unspecified atom stereocenters. The Bertz CT molecular complexity index is 560. The average molecular weight is 359 g/mol. The summed E-state index contributed by atoms with van der Waals surface area (Å²) < 4.78 is 0.891. The van der Waals surface area contributed by atoms with Gasteiger partial charge in [0, 0.05) is 9.77 Å². The molecule has 86 valence electrons. The summed E-state index contributed by atoms with van der Waals surface area (Å²) in [5.74, 6) is -0.190. The molecule has 5 heteroatoms. The van der Waals surface area contributed by atoms with Crippen molar-refractivity contribution < 1.29 is 4.79 Å². The predicted octanol–water partition coefficient (Wildman–Crippen LogP) is 3.59. The van der Waals surface area contributed by atoms with Crippen molar-refractivity contribution in [2.24, 2.45) is 0 Å². The van der Waals surface area contributed by atoms with Crippen LogP contribution in [-0.2, 0) is 0 Å². The van der Waals surface area contributed by atoms with E-state index in [9.17, 15) is 4.79 Å². The van der Waals surface area contributed by atoms with E-state index in [0.717, 1.165) is 3.57 Å². The number of benzene rings is 1. The smallest absolute Gasteiger partial charge is 0.256 e. The lowest BCUT2D eigenvalue weighted by atomic mass is 10.2. The van der Waals surface area contributed by atoms with E-state index >= 15 is 0 Å². The summed E-state index contributed by atoms with van der Waals surface area (Å²) in [4.78, 5) is 15.9. The molecule has 0 aliphatic heterocycles. The highest BCUT2D eigenvalue weighted by Gasteiger charge is 2.10. The van der Waals surface area contributed by atoms with Crippen LogP contribution < -0.4 is 5.32 Å². The van der Waals surface area contributed by atoms with Crippen LogP contribution in [0.1, 0.15) is 10.4 Å². The van der Waals surface area contributed by atoms with Crippen molar-refractivity contribution >= 4 is 45.8 Å². The van der Waals surface area contributed by atoms with Crippen molar-refractivity contribution in [3.8, 4) is 0 Å². The molecule has 1 N–H and O–H groups in total. The van der Waals surface area contributed by atoms with Crippen molar-refractivity contribution in [2.45, 2.75) is 0 Å². The number of carbonyl (C=O) groups is 1. The summed E-state index contributed by atoms with van der Waals surface area (Å²) in [6.07, 6.45) is 1.57. The molecule has 0 fully saturated rings. The topological polar surface area (TPSA) is 42.0 Å². The van der Waals surface area contributed by atoms with Gasteiger partial charge in [-0.1, -0.05) is 23.7 Å². The number of nitrogens with one attached hydrogen (secondary N) is 1. The zero-order chi connectivity index (χ0) is 12.3. The molecule has 0 spiro atoms. The number of pyridine rings is 1. The van der Waals surface area contributed by atoms with Crippen LogP contribution in [0.3, 0.4) is 0 Å². The number of hydrogen-bond acceptors (Lipinski definition) is 2. The zero-order valence-corrected chi connectivity index (χ0v) is 11.6. The molecule has 1 amide bonds. The van der Waals surface area contributed by atoms with Gasteiger partial charge in [0.25, 0.3) is 5.91 Å². The predicted molar refractivity (Wildman–Crippen MR) is 76.4 cm³/mol. The van der Waals surface area contributed by atoms with E-state index < -0.39 is 0 Å². The van der Waals surface area contributed by atoms with Gasteiger partial charge in [-0.05, 0) is 46.9 Å². The summed E-state index contributed by atoms with van der Waals surface area (Å²) in [7, 11) is 0. The molecule has 2 rings (SSSR count). The van der Waals surface area contributed by atoms with Crippen LogP contribution in [0.15, 0.2) is 42.6 Å². The Morgan fingerprint density at radius 1 is 1.24 bits per heavy atom. The van der Waals surface area contributed by atoms with Crippen LogP contribution in [0.25, 0.3) is 0 Å². The molecule has 0 aliphatic carbocycles. The summed E-state index contributed by atoms with van der Waals surface area (Å²) in [5.41, 5.74) is 1.13. The number of amides is 1. The van der Waals surface area contributed by atoms with Gasteiger partial charge < -0.3 is 5.32 Å². The number of nitrogens with zero attached hydrogens (tertiary/aromatic N) is 1. The lowest BCUT2D eigenvalue weighted by molar-refractivity contribution is 0.102. The molecule has 0 saturated carbocycles. The quantitative estimate of drug-likeness (QED) is 0.658. The maximum absolute atomic E-state index is 12.0. The fourth-order valence-electron chi connectivity index (χ4n) is 1.31. The molecule has 0 bridgehead atoms. The summed E-state index contributed by atoms with van der Waals surface area (Å²) >= 11 is 7.99. The van der Waals surface area contributed by atoms with Crippen LogP contribution >= 0.6 is 34.2 Å². The van der Waals surface area contributed by atoms with E-state index in [1.165, 1.54) is 0 Å². The van der Waals surface area contributed by atoms with E-state index in [1.54, 1.807) is 24.4 Å². The Kier molecular flexibility index (Phi) is 3.96. The molecule has 0 atom stereocenters. The Balaban J connectivity index is 2.24. The van der Waals surface area contributed by atoms with E-state index in [2.05, 4.69) is 32.9 Å². The van der Waals surface area contributed by atoms with Gasteiger partial charge in [0.1, 0.15) is 0 Å². The van der Waals surface area contributed by atoms with Crippen LogP contribution in [0.2, 0.25) is 5.15 Å². The second-order valence-electron chi connectivity index (χ2n) is 3.28. The lowest BCUT2D eigenvalue weighted by Crippen LogP contribution is -2.13. The number of aromatic nitrogens is 1. The molecule has 2 aromatic rings. The van der Waals surface area contributed by atoms with Crippen LogP contribution in [-0.4, -0.2) is 10.9 Å². The van der Waals surface area contributed by atoms with Crippen molar-refractivity contribution in [1.82, 2.24) is 4.98 Å². The van der Waals surface area contributed by atoms with Crippen molar-refractivity contribution in [3.05, 3.63) is 56.9 Å². The number of carbonyl (C=O) groups excluding carboxylic acids is 1.